The summed E-state index contributed by atoms with van der Waals surface area (Å²) in [4.78, 5) is 28.3. The first-order valence-electron chi connectivity index (χ1n) is 12.4. The summed E-state index contributed by atoms with van der Waals surface area (Å²) in [5.41, 5.74) is 3.03. The molecule has 0 saturated heterocycles. The average Bonchev–Trinajstić information content (AvgIpc) is 2.83. The van der Waals surface area contributed by atoms with Crippen molar-refractivity contribution in [1.82, 2.24) is 10.2 Å². The molecular weight excluding hydrogens is 498 g/mol. The second-order valence-corrected chi connectivity index (χ2v) is 12.0. The maximum absolute atomic E-state index is 13.7. The molecule has 7 nitrogen and oxygen atoms in total. The van der Waals surface area contributed by atoms with Gasteiger partial charge >= 0.3 is 0 Å². The third-order valence-electron chi connectivity index (χ3n) is 6.88. The molecule has 36 heavy (non-hydrogen) atoms. The van der Waals surface area contributed by atoms with Crippen molar-refractivity contribution in [1.29, 1.82) is 0 Å². The molecule has 0 radical (unpaired) electrons. The minimum absolute atomic E-state index is 0.0856. The van der Waals surface area contributed by atoms with Crippen LogP contribution in [0.2, 0.25) is 5.02 Å². The minimum atomic E-state index is -3.77. The third kappa shape index (κ3) is 7.23. The van der Waals surface area contributed by atoms with Crippen molar-refractivity contribution in [3.05, 3.63) is 64.2 Å². The summed E-state index contributed by atoms with van der Waals surface area (Å²) >= 11 is 6.37. The molecule has 0 heterocycles. The van der Waals surface area contributed by atoms with Crippen molar-refractivity contribution < 1.29 is 18.0 Å². The molecule has 1 aliphatic carbocycles. The summed E-state index contributed by atoms with van der Waals surface area (Å²) in [6.07, 6.45) is 6.23. The van der Waals surface area contributed by atoms with Gasteiger partial charge in [-0.1, -0.05) is 55.1 Å². The van der Waals surface area contributed by atoms with Gasteiger partial charge in [-0.3, -0.25) is 13.9 Å². The number of nitrogens with zero attached hydrogens (tertiary/aromatic N) is 2. The van der Waals surface area contributed by atoms with Crippen LogP contribution in [0.25, 0.3) is 0 Å². The molecule has 2 aromatic rings. The van der Waals surface area contributed by atoms with Crippen LogP contribution in [0.15, 0.2) is 42.5 Å². The molecule has 0 unspecified atom stereocenters. The topological polar surface area (TPSA) is 86.8 Å². The van der Waals surface area contributed by atoms with Crippen LogP contribution in [-0.4, -0.2) is 50.0 Å². The van der Waals surface area contributed by atoms with Crippen molar-refractivity contribution >= 4 is 39.1 Å². The molecule has 1 saturated carbocycles. The van der Waals surface area contributed by atoms with Gasteiger partial charge in [0.2, 0.25) is 21.8 Å². The molecule has 3 rings (SSSR count). The highest BCUT2D eigenvalue weighted by atomic mass is 35.5. The number of sulfonamides is 1. The summed E-state index contributed by atoms with van der Waals surface area (Å²) in [7, 11) is -3.77. The van der Waals surface area contributed by atoms with Crippen LogP contribution in [0.5, 0.6) is 0 Å². The monoisotopic (exact) mass is 533 g/mol. The Kier molecular flexibility index (Phi) is 9.41. The number of hydrogen-bond donors (Lipinski definition) is 1. The maximum Gasteiger partial charge on any atom is 0.244 e. The van der Waals surface area contributed by atoms with Crippen LogP contribution >= 0.6 is 11.6 Å². The lowest BCUT2D eigenvalue weighted by Crippen LogP contribution is -2.53. The lowest BCUT2D eigenvalue weighted by molar-refractivity contribution is -0.139. The van der Waals surface area contributed by atoms with E-state index in [0.29, 0.717) is 16.3 Å². The number of benzene rings is 2. The third-order valence-corrected chi connectivity index (χ3v) is 8.38. The van der Waals surface area contributed by atoms with Crippen LogP contribution in [0.1, 0.15) is 55.7 Å². The van der Waals surface area contributed by atoms with Gasteiger partial charge in [0.15, 0.2) is 0 Å². The van der Waals surface area contributed by atoms with Gasteiger partial charge in [-0.05, 0) is 68.5 Å². The number of halogens is 1. The number of carbonyl (C=O) groups is 2. The van der Waals surface area contributed by atoms with E-state index in [9.17, 15) is 18.0 Å². The predicted octanol–water partition coefficient (Wildman–Crippen LogP) is 4.59. The number of rotatable bonds is 9. The van der Waals surface area contributed by atoms with Crippen molar-refractivity contribution in [2.45, 2.75) is 71.5 Å². The van der Waals surface area contributed by atoms with Gasteiger partial charge in [0.1, 0.15) is 12.6 Å². The molecule has 0 bridgehead atoms. The summed E-state index contributed by atoms with van der Waals surface area (Å²) in [6.45, 7) is 5.17. The molecule has 1 N–H and O–H groups in total. The summed E-state index contributed by atoms with van der Waals surface area (Å²) in [5.74, 6) is -0.732. The number of amides is 2. The Morgan fingerprint density at radius 1 is 1.06 bits per heavy atom. The van der Waals surface area contributed by atoms with Crippen molar-refractivity contribution in [3.8, 4) is 0 Å². The molecular formula is C27H36ClN3O4S. The number of hydrogen-bond acceptors (Lipinski definition) is 4. The van der Waals surface area contributed by atoms with Crippen molar-refractivity contribution in [3.63, 3.8) is 0 Å². The minimum Gasteiger partial charge on any atom is -0.352 e. The fourth-order valence-corrected chi connectivity index (χ4v) is 5.49. The molecule has 196 valence electrons. The summed E-state index contributed by atoms with van der Waals surface area (Å²) < 4.78 is 26.5. The van der Waals surface area contributed by atoms with Crippen LogP contribution in [-0.2, 0) is 26.2 Å². The summed E-state index contributed by atoms with van der Waals surface area (Å²) in [6, 6.07) is 11.7. The number of nitrogens with one attached hydrogen (secondary N) is 1. The Bertz CT molecular complexity index is 1200. The normalized spacial score (nSPS) is 15.2. The van der Waals surface area contributed by atoms with Gasteiger partial charge in [0.25, 0.3) is 0 Å². The Morgan fingerprint density at radius 2 is 1.72 bits per heavy atom. The molecule has 1 aliphatic rings. The first-order valence-corrected chi connectivity index (χ1v) is 14.6. The average molecular weight is 534 g/mol. The quantitative estimate of drug-likeness (QED) is 0.511. The number of anilines is 1. The SMILES string of the molecule is Cc1ccc(N(CC(=O)N(Cc2ccccc2Cl)[C@@H](C)C(=O)NC2CCCCC2)S(C)(=O)=O)cc1C. The van der Waals surface area contributed by atoms with Crippen molar-refractivity contribution in [2.24, 2.45) is 0 Å². The van der Waals surface area contributed by atoms with Crippen LogP contribution < -0.4 is 9.62 Å². The maximum atomic E-state index is 13.7. The standard InChI is InChI=1S/C27H36ClN3O4S/c1-19-14-15-24(16-20(19)2)31(36(4,34)35)18-26(32)30(17-22-10-8-9-13-25(22)28)21(3)27(33)29-23-11-6-5-7-12-23/h8-10,13-16,21,23H,5-7,11-12,17-18H2,1-4H3,(H,29,33)/t21-/m0/s1. The molecule has 2 amide bonds. The first-order chi connectivity index (χ1) is 17.0. The Morgan fingerprint density at radius 3 is 2.33 bits per heavy atom. The lowest BCUT2D eigenvalue weighted by atomic mass is 9.95. The zero-order valence-electron chi connectivity index (χ0n) is 21.5. The second-order valence-electron chi connectivity index (χ2n) is 9.67. The number of carbonyl (C=O) groups excluding carboxylic acids is 2. The van der Waals surface area contributed by atoms with Gasteiger partial charge in [-0.2, -0.15) is 0 Å². The Balaban J connectivity index is 1.89. The zero-order chi connectivity index (χ0) is 26.5. The van der Waals surface area contributed by atoms with E-state index in [-0.39, 0.29) is 18.5 Å². The summed E-state index contributed by atoms with van der Waals surface area (Å²) in [5, 5.41) is 3.56. The molecule has 9 heteroatoms. The van der Waals surface area contributed by atoms with Gasteiger partial charge in [0.05, 0.1) is 11.9 Å². The van der Waals surface area contributed by atoms with E-state index in [0.717, 1.165) is 47.4 Å². The highest BCUT2D eigenvalue weighted by molar-refractivity contribution is 7.92. The fourth-order valence-electron chi connectivity index (χ4n) is 4.46. The largest absolute Gasteiger partial charge is 0.352 e. The highest BCUT2D eigenvalue weighted by Crippen LogP contribution is 2.24. The van der Waals surface area contributed by atoms with Gasteiger partial charge < -0.3 is 10.2 Å². The van der Waals surface area contributed by atoms with E-state index in [1.54, 1.807) is 37.3 Å². The van der Waals surface area contributed by atoms with E-state index >= 15 is 0 Å². The first kappa shape index (κ1) is 28.0. The van der Waals surface area contributed by atoms with Crippen LogP contribution in [0.3, 0.4) is 0 Å². The van der Waals surface area contributed by atoms with Crippen molar-refractivity contribution in [2.75, 3.05) is 17.1 Å². The molecule has 0 aromatic heterocycles. The van der Waals surface area contributed by atoms with E-state index in [4.69, 9.17) is 11.6 Å². The van der Waals surface area contributed by atoms with Gasteiger partial charge in [-0.15, -0.1) is 0 Å². The lowest BCUT2D eigenvalue weighted by Gasteiger charge is -2.33. The number of aryl methyl sites for hydroxylation is 2. The van der Waals surface area contributed by atoms with E-state index in [1.165, 1.54) is 11.3 Å². The zero-order valence-corrected chi connectivity index (χ0v) is 23.0. The highest BCUT2D eigenvalue weighted by Gasteiger charge is 2.31. The van der Waals surface area contributed by atoms with E-state index < -0.39 is 28.5 Å². The van der Waals surface area contributed by atoms with Gasteiger partial charge in [-0.25, -0.2) is 8.42 Å². The van der Waals surface area contributed by atoms with Gasteiger partial charge in [0, 0.05) is 17.6 Å². The second kappa shape index (κ2) is 12.1. The molecule has 2 aromatic carbocycles. The fraction of sp³-hybridized carbons (Fsp3) is 0.481. The smallest absolute Gasteiger partial charge is 0.244 e. The molecule has 0 aliphatic heterocycles. The molecule has 0 spiro atoms. The van der Waals surface area contributed by atoms with E-state index in [1.807, 2.05) is 26.0 Å². The molecule has 1 atom stereocenters. The van der Waals surface area contributed by atoms with Crippen LogP contribution in [0.4, 0.5) is 5.69 Å². The van der Waals surface area contributed by atoms with Crippen LogP contribution in [0, 0.1) is 13.8 Å². The predicted molar refractivity (Wildman–Crippen MR) is 145 cm³/mol. The molecule has 1 fully saturated rings. The Labute approximate surface area is 219 Å². The van der Waals surface area contributed by atoms with E-state index in [2.05, 4.69) is 5.32 Å². The Hall–Kier alpha value is -2.58.